The second-order valence-electron chi connectivity index (χ2n) is 7.38. The maximum Gasteiger partial charge on any atom is 1.00 e. The Balaban J connectivity index is 0.00000289. The molecule has 0 aliphatic carbocycles. The van der Waals surface area contributed by atoms with Crippen LogP contribution < -0.4 is 39.4 Å². The van der Waals surface area contributed by atoms with Gasteiger partial charge in [-0.2, -0.15) is 0 Å². The minimum Gasteiger partial charge on any atom is -0.550 e. The van der Waals surface area contributed by atoms with Gasteiger partial charge in [0.1, 0.15) is 12.4 Å². The van der Waals surface area contributed by atoms with Gasteiger partial charge in [0.05, 0.1) is 0 Å². The van der Waals surface area contributed by atoms with Gasteiger partial charge in [0.2, 0.25) is 0 Å². The van der Waals surface area contributed by atoms with Crippen molar-refractivity contribution in [3.05, 3.63) is 114 Å². The van der Waals surface area contributed by atoms with Crippen LogP contribution in [0.15, 0.2) is 103 Å². The van der Waals surface area contributed by atoms with Crippen molar-refractivity contribution in [3.8, 4) is 28.0 Å². The zero-order valence-electron chi connectivity index (χ0n) is 18.2. The molecule has 0 fully saturated rings. The van der Waals surface area contributed by atoms with Crippen LogP contribution in [0, 0.1) is 0 Å². The van der Waals surface area contributed by atoms with E-state index in [-0.39, 0.29) is 36.0 Å². The summed E-state index contributed by atoms with van der Waals surface area (Å²) < 4.78 is 6.14. The average molecular weight is 430 g/mol. The van der Waals surface area contributed by atoms with E-state index in [2.05, 4.69) is 24.3 Å². The van der Waals surface area contributed by atoms with Crippen LogP contribution >= 0.6 is 0 Å². The topological polar surface area (TPSA) is 49.4 Å². The molecule has 0 saturated carbocycles. The van der Waals surface area contributed by atoms with E-state index in [4.69, 9.17) is 4.74 Å². The van der Waals surface area contributed by atoms with Crippen molar-refractivity contribution >= 4 is 5.97 Å². The Morgan fingerprint density at radius 1 is 0.719 bits per heavy atom. The van der Waals surface area contributed by atoms with E-state index < -0.39 is 5.97 Å². The largest absolute Gasteiger partial charge is 1.00 e. The van der Waals surface area contributed by atoms with Crippen molar-refractivity contribution in [2.75, 3.05) is 0 Å². The number of carbonyl (C=O) groups excluding carboxylic acids is 1. The van der Waals surface area contributed by atoms with Gasteiger partial charge < -0.3 is 14.6 Å². The Kier molecular flexibility index (Phi) is 8.69. The molecule has 0 amide bonds. The molecular formula is C28H23NaO3. The van der Waals surface area contributed by atoms with Crippen molar-refractivity contribution in [3.63, 3.8) is 0 Å². The third-order valence-corrected chi connectivity index (χ3v) is 5.22. The Labute approximate surface area is 211 Å². The molecule has 0 saturated heterocycles. The Morgan fingerprint density at radius 2 is 1.34 bits per heavy atom. The van der Waals surface area contributed by atoms with E-state index in [1.165, 1.54) is 0 Å². The van der Waals surface area contributed by atoms with Crippen LogP contribution in [0.5, 0.6) is 5.75 Å². The smallest absolute Gasteiger partial charge is 0.550 e. The maximum atomic E-state index is 10.9. The number of carbonyl (C=O) groups is 1. The second-order valence-corrected chi connectivity index (χ2v) is 7.38. The van der Waals surface area contributed by atoms with Crippen LogP contribution in [0.3, 0.4) is 0 Å². The summed E-state index contributed by atoms with van der Waals surface area (Å²) in [7, 11) is 0. The first-order valence-electron chi connectivity index (χ1n) is 10.3. The van der Waals surface area contributed by atoms with Gasteiger partial charge in [-0.15, -0.1) is 0 Å². The van der Waals surface area contributed by atoms with Gasteiger partial charge in [0.25, 0.3) is 0 Å². The third-order valence-electron chi connectivity index (χ3n) is 5.22. The summed E-state index contributed by atoms with van der Waals surface area (Å²) in [5.41, 5.74) is 6.27. The van der Waals surface area contributed by atoms with Crippen LogP contribution in [0.2, 0.25) is 0 Å². The van der Waals surface area contributed by atoms with Crippen LogP contribution in [0.4, 0.5) is 0 Å². The van der Waals surface area contributed by atoms with E-state index in [0.29, 0.717) is 13.0 Å². The molecule has 32 heavy (non-hydrogen) atoms. The molecule has 0 bridgehead atoms. The number of hydrogen-bond donors (Lipinski definition) is 0. The number of benzene rings is 4. The van der Waals surface area contributed by atoms with Gasteiger partial charge in [0, 0.05) is 11.5 Å². The first-order chi connectivity index (χ1) is 15.2. The molecule has 0 radical (unpaired) electrons. The van der Waals surface area contributed by atoms with E-state index >= 15 is 0 Å². The fourth-order valence-corrected chi connectivity index (χ4v) is 3.68. The predicted octanol–water partition coefficient (Wildman–Crippen LogP) is 2.29. The number of rotatable bonds is 8. The fraction of sp³-hybridized carbons (Fsp3) is 0.107. The van der Waals surface area contributed by atoms with Crippen LogP contribution in [-0.2, 0) is 17.8 Å². The zero-order valence-corrected chi connectivity index (χ0v) is 20.2. The molecule has 154 valence electrons. The second kappa shape index (κ2) is 11.7. The first kappa shape index (κ1) is 23.8. The van der Waals surface area contributed by atoms with Gasteiger partial charge in [-0.25, -0.2) is 0 Å². The van der Waals surface area contributed by atoms with Crippen LogP contribution in [0.25, 0.3) is 22.3 Å². The summed E-state index contributed by atoms with van der Waals surface area (Å²) in [4.78, 5) is 10.9. The molecule has 0 heterocycles. The minimum atomic E-state index is -1.03. The molecule has 4 heteroatoms. The molecule has 4 rings (SSSR count). The van der Waals surface area contributed by atoms with Gasteiger partial charge in [-0.05, 0) is 52.8 Å². The van der Waals surface area contributed by atoms with Crippen molar-refractivity contribution in [2.45, 2.75) is 19.4 Å². The summed E-state index contributed by atoms with van der Waals surface area (Å²) >= 11 is 0. The van der Waals surface area contributed by atoms with Crippen molar-refractivity contribution in [2.24, 2.45) is 0 Å². The molecule has 0 unspecified atom stereocenters. The molecule has 4 aromatic rings. The number of para-hydroxylation sites is 1. The normalized spacial score (nSPS) is 10.2. The summed E-state index contributed by atoms with van der Waals surface area (Å²) in [6.45, 7) is 0.504. The van der Waals surface area contributed by atoms with Gasteiger partial charge >= 0.3 is 29.6 Å². The molecule has 0 aromatic heterocycles. The minimum absolute atomic E-state index is 0. The molecule has 3 nitrogen and oxygen atoms in total. The van der Waals surface area contributed by atoms with Crippen LogP contribution in [0.1, 0.15) is 17.5 Å². The summed E-state index contributed by atoms with van der Waals surface area (Å²) in [6.07, 6.45) is 0.451. The van der Waals surface area contributed by atoms with Crippen molar-refractivity contribution < 1.29 is 44.2 Å². The predicted molar refractivity (Wildman–Crippen MR) is 121 cm³/mol. The SMILES string of the molecule is O=C([O-])CCc1ccccc1-c1cccc(-c2ccccc2OCc2ccccc2)c1.[Na+]. The van der Waals surface area contributed by atoms with Crippen molar-refractivity contribution in [1.29, 1.82) is 0 Å². The number of aryl methyl sites for hydroxylation is 1. The van der Waals surface area contributed by atoms with Gasteiger partial charge in [0.15, 0.2) is 0 Å². The number of carboxylic acids is 1. The quantitative estimate of drug-likeness (QED) is 0.403. The molecule has 0 N–H and O–H groups in total. The van der Waals surface area contributed by atoms with Gasteiger partial charge in [-0.1, -0.05) is 91.0 Å². The molecular weight excluding hydrogens is 407 g/mol. The standard InChI is InChI=1S/C28H24O3.Na/c29-28(30)18-17-22-11-4-5-14-25(22)23-12-8-13-24(19-23)26-15-6-7-16-27(26)31-20-21-9-2-1-3-10-21;/h1-16,19H,17-18,20H2,(H,29,30);/q;+1/p-1. The van der Waals surface area contributed by atoms with Crippen LogP contribution in [-0.4, -0.2) is 5.97 Å². The number of aliphatic carboxylic acids is 1. The number of ether oxygens (including phenoxy) is 1. The Hall–Kier alpha value is -2.85. The molecule has 0 aliphatic rings. The average Bonchev–Trinajstić information content (AvgIpc) is 2.82. The van der Waals surface area contributed by atoms with Gasteiger partial charge in [-0.3, -0.25) is 0 Å². The number of carboxylic acid groups (broad SMARTS) is 1. The zero-order chi connectivity index (χ0) is 21.5. The molecule has 0 aliphatic heterocycles. The van der Waals surface area contributed by atoms with E-state index in [9.17, 15) is 9.90 Å². The Morgan fingerprint density at radius 3 is 2.09 bits per heavy atom. The molecule has 4 aromatic carbocycles. The Bertz CT molecular complexity index is 1170. The van der Waals surface area contributed by atoms with E-state index in [1.54, 1.807) is 0 Å². The number of hydrogen-bond acceptors (Lipinski definition) is 3. The summed E-state index contributed by atoms with van der Waals surface area (Å²) in [5.74, 6) is -0.207. The third kappa shape index (κ3) is 6.10. The first-order valence-corrected chi connectivity index (χ1v) is 10.3. The summed E-state index contributed by atoms with van der Waals surface area (Å²) in [5, 5.41) is 10.9. The van der Waals surface area contributed by atoms with E-state index in [0.717, 1.165) is 39.1 Å². The van der Waals surface area contributed by atoms with Crippen molar-refractivity contribution in [1.82, 2.24) is 0 Å². The molecule has 0 spiro atoms. The molecule has 0 atom stereocenters. The van der Waals surface area contributed by atoms with E-state index in [1.807, 2.05) is 78.9 Å². The fourth-order valence-electron chi connectivity index (χ4n) is 3.68. The monoisotopic (exact) mass is 430 g/mol. The maximum absolute atomic E-state index is 10.9. The summed E-state index contributed by atoms with van der Waals surface area (Å²) in [6, 6.07) is 34.3.